The van der Waals surface area contributed by atoms with Crippen molar-refractivity contribution in [2.24, 2.45) is 0 Å². The summed E-state index contributed by atoms with van der Waals surface area (Å²) in [4.78, 5) is 0. The van der Waals surface area contributed by atoms with Crippen LogP contribution in [0.1, 0.15) is 11.1 Å². The van der Waals surface area contributed by atoms with Gasteiger partial charge in [0.05, 0.1) is 0 Å². The van der Waals surface area contributed by atoms with Crippen LogP contribution in [0.2, 0.25) is 0 Å². The van der Waals surface area contributed by atoms with Gasteiger partial charge in [-0.2, -0.15) is 0 Å². The first kappa shape index (κ1) is 21.9. The Morgan fingerprint density at radius 1 is 0.562 bits per heavy atom. The summed E-state index contributed by atoms with van der Waals surface area (Å²) in [6.45, 7) is 8.04. The molecule has 4 heteroatoms. The minimum Gasteiger partial charge on any atom is -0.542 e. The molecule has 0 aromatic heterocycles. The van der Waals surface area contributed by atoms with Gasteiger partial charge in [-0.3, -0.25) is 0 Å². The zero-order valence-corrected chi connectivity index (χ0v) is 20.5. The van der Waals surface area contributed by atoms with Gasteiger partial charge in [0.25, 0.3) is 18.1 Å². The predicted octanol–water partition coefficient (Wildman–Crippen LogP) is 6.06. The molecule has 4 aromatic carbocycles. The van der Waals surface area contributed by atoms with Gasteiger partial charge in [0.15, 0.2) is 0 Å². The lowest BCUT2D eigenvalue weighted by molar-refractivity contribution is 0.576. The van der Waals surface area contributed by atoms with E-state index in [-0.39, 0.29) is 0 Å². The Balaban J connectivity index is 1.48. The summed E-state index contributed by atoms with van der Waals surface area (Å²) in [7, 11) is -3.20. The zero-order chi connectivity index (χ0) is 22.2. The Labute approximate surface area is 193 Å². The third kappa shape index (κ3) is 5.87. The number of rotatable bonds is 10. The Hall–Kier alpha value is -3.35. The van der Waals surface area contributed by atoms with E-state index < -0.39 is 18.1 Å². The van der Waals surface area contributed by atoms with Gasteiger partial charge in [-0.1, -0.05) is 84.2 Å². The van der Waals surface area contributed by atoms with Crippen molar-refractivity contribution in [3.05, 3.63) is 133 Å². The average molecular weight is 453 g/mol. The first-order valence-corrected chi connectivity index (χ1v) is 14.8. The summed E-state index contributed by atoms with van der Waals surface area (Å²) < 4.78 is 12.7. The van der Waals surface area contributed by atoms with Crippen molar-refractivity contribution in [3.63, 3.8) is 0 Å². The molecule has 2 atom stereocenters. The Morgan fingerprint density at radius 2 is 1.00 bits per heavy atom. The molecule has 0 saturated heterocycles. The molecule has 0 fully saturated rings. The predicted molar refractivity (Wildman–Crippen MR) is 140 cm³/mol. The van der Waals surface area contributed by atoms with Crippen LogP contribution in [0.15, 0.2) is 122 Å². The first-order chi connectivity index (χ1) is 15.7. The summed E-state index contributed by atoms with van der Waals surface area (Å²) >= 11 is 0. The Bertz CT molecular complexity index is 1090. The van der Waals surface area contributed by atoms with Crippen LogP contribution in [0.4, 0.5) is 0 Å². The zero-order valence-electron chi connectivity index (χ0n) is 18.2. The number of benzene rings is 4. The monoisotopic (exact) mass is 452 g/mol. The molecule has 0 heterocycles. The third-order valence-electron chi connectivity index (χ3n) is 5.44. The standard InChI is InChI=1S/C28H28O2Si2/c1-3-31(21-23-11-7-5-8-12-23)29-27-17-15-25-16-18-28(20-26(25)19-27)30-32(4-2)22-24-13-9-6-10-14-24/h3-20,31-32H,1-2,21-22H2. The van der Waals surface area contributed by atoms with Crippen molar-refractivity contribution >= 4 is 28.9 Å². The summed E-state index contributed by atoms with van der Waals surface area (Å²) in [5.74, 6) is 1.79. The highest BCUT2D eigenvalue weighted by Gasteiger charge is 2.13. The second-order valence-corrected chi connectivity index (χ2v) is 12.2. The second kappa shape index (κ2) is 10.8. The lowest BCUT2D eigenvalue weighted by atomic mass is 10.1. The highest BCUT2D eigenvalue weighted by molar-refractivity contribution is 6.58. The van der Waals surface area contributed by atoms with Gasteiger partial charge in [0.2, 0.25) is 0 Å². The van der Waals surface area contributed by atoms with Crippen LogP contribution in [0.25, 0.3) is 10.8 Å². The SMILES string of the molecule is C=C[SiH](Cc1ccccc1)Oc1ccc2ccc(O[SiH](C=C)Cc3ccccc3)cc2c1. The molecule has 0 amide bonds. The van der Waals surface area contributed by atoms with E-state index in [2.05, 4.69) is 86.0 Å². The maximum Gasteiger partial charge on any atom is 0.263 e. The van der Waals surface area contributed by atoms with Crippen LogP contribution in [0.3, 0.4) is 0 Å². The lowest BCUT2D eigenvalue weighted by Gasteiger charge is -2.17. The van der Waals surface area contributed by atoms with Gasteiger partial charge in [-0.05, 0) is 46.2 Å². The van der Waals surface area contributed by atoms with Gasteiger partial charge >= 0.3 is 0 Å². The molecule has 2 unspecified atom stereocenters. The molecule has 0 aliphatic carbocycles. The molecule has 0 spiro atoms. The van der Waals surface area contributed by atoms with Gasteiger partial charge in [0, 0.05) is 12.1 Å². The minimum absolute atomic E-state index is 0.893. The van der Waals surface area contributed by atoms with E-state index in [1.54, 1.807) is 0 Å². The fourth-order valence-corrected chi connectivity index (χ4v) is 6.90. The van der Waals surface area contributed by atoms with Crippen molar-refractivity contribution < 1.29 is 8.85 Å². The molecule has 4 rings (SSSR count). The quantitative estimate of drug-likeness (QED) is 0.272. The molecule has 160 valence electrons. The number of fused-ring (bicyclic) bond motifs is 1. The van der Waals surface area contributed by atoms with Crippen LogP contribution < -0.4 is 8.85 Å². The van der Waals surface area contributed by atoms with Crippen molar-refractivity contribution in [2.75, 3.05) is 0 Å². The molecule has 0 saturated carbocycles. The average Bonchev–Trinajstić information content (AvgIpc) is 2.84. The van der Waals surface area contributed by atoms with Gasteiger partial charge in [-0.15, -0.1) is 13.2 Å². The summed E-state index contributed by atoms with van der Waals surface area (Å²) in [5, 5.41) is 2.29. The van der Waals surface area contributed by atoms with Gasteiger partial charge in [-0.25, -0.2) is 0 Å². The topological polar surface area (TPSA) is 18.5 Å². The Kier molecular flexibility index (Phi) is 7.38. The fourth-order valence-electron chi connectivity index (χ4n) is 3.74. The molecule has 0 N–H and O–H groups in total. The van der Waals surface area contributed by atoms with E-state index in [0.29, 0.717) is 0 Å². The summed E-state index contributed by atoms with van der Waals surface area (Å²) in [6.07, 6.45) is 0. The van der Waals surface area contributed by atoms with Crippen LogP contribution in [0.5, 0.6) is 11.5 Å². The van der Waals surface area contributed by atoms with E-state index in [9.17, 15) is 0 Å². The molecule has 0 aliphatic rings. The number of hydrogen-bond donors (Lipinski definition) is 0. The molecule has 2 nitrogen and oxygen atoms in total. The van der Waals surface area contributed by atoms with E-state index in [1.807, 2.05) is 35.7 Å². The van der Waals surface area contributed by atoms with Crippen molar-refractivity contribution in [2.45, 2.75) is 12.1 Å². The molecular formula is C28H28O2Si2. The van der Waals surface area contributed by atoms with E-state index in [1.165, 1.54) is 16.5 Å². The summed E-state index contributed by atoms with van der Waals surface area (Å²) in [6, 6.07) is 35.3. The van der Waals surface area contributed by atoms with Crippen molar-refractivity contribution in [3.8, 4) is 11.5 Å². The lowest BCUT2D eigenvalue weighted by Crippen LogP contribution is -2.23. The van der Waals surface area contributed by atoms with Crippen LogP contribution in [0, 0.1) is 0 Å². The van der Waals surface area contributed by atoms with Gasteiger partial charge in [0.1, 0.15) is 11.5 Å². The van der Waals surface area contributed by atoms with Crippen LogP contribution in [-0.2, 0) is 12.1 Å². The largest absolute Gasteiger partial charge is 0.542 e. The molecule has 32 heavy (non-hydrogen) atoms. The van der Waals surface area contributed by atoms with E-state index >= 15 is 0 Å². The molecule has 0 bridgehead atoms. The molecular weight excluding hydrogens is 424 g/mol. The maximum atomic E-state index is 6.37. The maximum absolute atomic E-state index is 6.37. The third-order valence-corrected chi connectivity index (χ3v) is 9.39. The summed E-state index contributed by atoms with van der Waals surface area (Å²) in [5.41, 5.74) is 6.58. The first-order valence-electron chi connectivity index (χ1n) is 10.9. The molecule has 0 radical (unpaired) electrons. The fraction of sp³-hybridized carbons (Fsp3) is 0.0714. The molecule has 0 aliphatic heterocycles. The smallest absolute Gasteiger partial charge is 0.263 e. The highest BCUT2D eigenvalue weighted by atomic mass is 28.3. The normalized spacial score (nSPS) is 12.6. The van der Waals surface area contributed by atoms with Crippen LogP contribution >= 0.6 is 0 Å². The second-order valence-electron chi connectivity index (χ2n) is 7.83. The van der Waals surface area contributed by atoms with E-state index in [0.717, 1.165) is 29.0 Å². The minimum atomic E-state index is -1.60. The van der Waals surface area contributed by atoms with E-state index in [4.69, 9.17) is 8.85 Å². The number of hydrogen-bond acceptors (Lipinski definition) is 2. The van der Waals surface area contributed by atoms with Crippen molar-refractivity contribution in [1.29, 1.82) is 0 Å². The van der Waals surface area contributed by atoms with Gasteiger partial charge < -0.3 is 8.85 Å². The molecule has 4 aromatic rings. The Morgan fingerprint density at radius 3 is 1.41 bits per heavy atom. The highest BCUT2D eigenvalue weighted by Crippen LogP contribution is 2.26. The van der Waals surface area contributed by atoms with Crippen LogP contribution in [-0.4, -0.2) is 18.1 Å². The van der Waals surface area contributed by atoms with Crippen molar-refractivity contribution in [1.82, 2.24) is 0 Å².